The molecule has 0 spiro atoms. The standard InChI is InChI=1S/C16H20N2O/c1-11-5-3-6-12-9-13(10-14-7-4-8-17-14)16(19)18(2)15(11)12/h3,5-6,9,14,17H,4,7-8,10H2,1-2H3. The van der Waals surface area contributed by atoms with Crippen molar-refractivity contribution in [1.82, 2.24) is 9.88 Å². The minimum atomic E-state index is 0.149. The fourth-order valence-electron chi connectivity index (χ4n) is 3.17. The van der Waals surface area contributed by atoms with Crippen molar-refractivity contribution in [2.24, 2.45) is 7.05 Å². The number of aryl methyl sites for hydroxylation is 2. The Hall–Kier alpha value is -1.61. The molecule has 1 fully saturated rings. The lowest BCUT2D eigenvalue weighted by Crippen LogP contribution is -2.29. The molecule has 3 nitrogen and oxygen atoms in total. The van der Waals surface area contributed by atoms with Gasteiger partial charge in [0.25, 0.3) is 5.56 Å². The van der Waals surface area contributed by atoms with Crippen molar-refractivity contribution in [3.8, 4) is 0 Å². The van der Waals surface area contributed by atoms with E-state index in [4.69, 9.17) is 0 Å². The second-order valence-corrected chi connectivity index (χ2v) is 5.54. The number of para-hydroxylation sites is 1. The van der Waals surface area contributed by atoms with Crippen LogP contribution in [0.25, 0.3) is 10.9 Å². The fraction of sp³-hybridized carbons (Fsp3) is 0.438. The highest BCUT2D eigenvalue weighted by Crippen LogP contribution is 2.18. The molecular formula is C16H20N2O. The summed E-state index contributed by atoms with van der Waals surface area (Å²) >= 11 is 0. The second kappa shape index (κ2) is 4.82. The first-order valence-electron chi connectivity index (χ1n) is 6.98. The van der Waals surface area contributed by atoms with Gasteiger partial charge in [-0.15, -0.1) is 0 Å². The highest BCUT2D eigenvalue weighted by atomic mass is 16.1. The van der Waals surface area contributed by atoms with Gasteiger partial charge in [-0.05, 0) is 49.7 Å². The first-order valence-corrected chi connectivity index (χ1v) is 6.98. The summed E-state index contributed by atoms with van der Waals surface area (Å²) in [5, 5.41) is 4.63. The van der Waals surface area contributed by atoms with Crippen molar-refractivity contribution in [2.75, 3.05) is 6.54 Å². The third-order valence-corrected chi connectivity index (χ3v) is 4.14. The van der Waals surface area contributed by atoms with Gasteiger partial charge in [-0.3, -0.25) is 4.79 Å². The molecule has 1 saturated heterocycles. The molecule has 1 aromatic carbocycles. The summed E-state index contributed by atoms with van der Waals surface area (Å²) in [6.07, 6.45) is 3.24. The molecule has 1 aliphatic heterocycles. The van der Waals surface area contributed by atoms with Crippen LogP contribution in [0.2, 0.25) is 0 Å². The van der Waals surface area contributed by atoms with Crippen molar-refractivity contribution in [1.29, 1.82) is 0 Å². The van der Waals surface area contributed by atoms with E-state index in [-0.39, 0.29) is 5.56 Å². The quantitative estimate of drug-likeness (QED) is 0.893. The maximum Gasteiger partial charge on any atom is 0.254 e. The van der Waals surface area contributed by atoms with E-state index in [1.165, 1.54) is 12.8 Å². The predicted octanol–water partition coefficient (Wildman–Crippen LogP) is 2.14. The summed E-state index contributed by atoms with van der Waals surface area (Å²) in [6.45, 7) is 3.14. The number of benzene rings is 1. The van der Waals surface area contributed by atoms with Gasteiger partial charge >= 0.3 is 0 Å². The number of rotatable bonds is 2. The lowest BCUT2D eigenvalue weighted by molar-refractivity contribution is 0.598. The largest absolute Gasteiger partial charge is 0.314 e. The molecule has 0 amide bonds. The average Bonchev–Trinajstić information content (AvgIpc) is 2.88. The van der Waals surface area contributed by atoms with Crippen molar-refractivity contribution < 1.29 is 0 Å². The average molecular weight is 256 g/mol. The van der Waals surface area contributed by atoms with Gasteiger partial charge in [0.1, 0.15) is 0 Å². The Bertz CT molecular complexity index is 666. The number of pyridine rings is 1. The van der Waals surface area contributed by atoms with Gasteiger partial charge in [0.2, 0.25) is 0 Å². The molecule has 1 atom stereocenters. The topological polar surface area (TPSA) is 34.0 Å². The zero-order valence-electron chi connectivity index (χ0n) is 11.6. The van der Waals surface area contributed by atoms with Crippen molar-refractivity contribution in [2.45, 2.75) is 32.2 Å². The Morgan fingerprint density at radius 3 is 3.00 bits per heavy atom. The number of hydrogen-bond donors (Lipinski definition) is 1. The van der Waals surface area contributed by atoms with Gasteiger partial charge < -0.3 is 9.88 Å². The van der Waals surface area contributed by atoms with E-state index in [2.05, 4.69) is 36.5 Å². The molecule has 1 aliphatic rings. The molecule has 100 valence electrons. The fourth-order valence-corrected chi connectivity index (χ4v) is 3.17. The van der Waals surface area contributed by atoms with Gasteiger partial charge in [0.05, 0.1) is 5.52 Å². The zero-order chi connectivity index (χ0) is 13.4. The highest BCUT2D eigenvalue weighted by molar-refractivity contribution is 5.82. The van der Waals surface area contributed by atoms with Gasteiger partial charge in [-0.1, -0.05) is 18.2 Å². The molecule has 0 radical (unpaired) electrons. The van der Waals surface area contributed by atoms with Gasteiger partial charge in [-0.2, -0.15) is 0 Å². The van der Waals surface area contributed by atoms with Crippen LogP contribution in [0.4, 0.5) is 0 Å². The van der Waals surface area contributed by atoms with E-state index in [9.17, 15) is 4.79 Å². The number of nitrogens with zero attached hydrogens (tertiary/aromatic N) is 1. The molecule has 0 bridgehead atoms. The summed E-state index contributed by atoms with van der Waals surface area (Å²) in [6, 6.07) is 8.74. The van der Waals surface area contributed by atoms with Gasteiger partial charge in [0, 0.05) is 18.7 Å². The van der Waals surface area contributed by atoms with Gasteiger partial charge in [0.15, 0.2) is 0 Å². The molecule has 1 aromatic heterocycles. The molecule has 3 heteroatoms. The van der Waals surface area contributed by atoms with Crippen molar-refractivity contribution >= 4 is 10.9 Å². The van der Waals surface area contributed by atoms with Crippen LogP contribution in [0.1, 0.15) is 24.0 Å². The Morgan fingerprint density at radius 2 is 2.26 bits per heavy atom. The van der Waals surface area contributed by atoms with E-state index in [1.807, 2.05) is 7.05 Å². The molecule has 2 aromatic rings. The number of fused-ring (bicyclic) bond motifs is 1. The van der Waals surface area contributed by atoms with Crippen molar-refractivity contribution in [3.05, 3.63) is 45.7 Å². The Morgan fingerprint density at radius 1 is 1.42 bits per heavy atom. The minimum absolute atomic E-state index is 0.149. The Labute approximate surface area is 113 Å². The summed E-state index contributed by atoms with van der Waals surface area (Å²) in [5.74, 6) is 0. The third-order valence-electron chi connectivity index (χ3n) is 4.14. The summed E-state index contributed by atoms with van der Waals surface area (Å²) in [7, 11) is 1.88. The monoisotopic (exact) mass is 256 g/mol. The van der Waals surface area contributed by atoms with Crippen LogP contribution >= 0.6 is 0 Å². The molecule has 0 saturated carbocycles. The van der Waals surface area contributed by atoms with E-state index in [0.29, 0.717) is 6.04 Å². The van der Waals surface area contributed by atoms with Crippen molar-refractivity contribution in [3.63, 3.8) is 0 Å². The van der Waals surface area contributed by atoms with Crippen LogP contribution in [0.5, 0.6) is 0 Å². The molecule has 3 rings (SSSR count). The Balaban J connectivity index is 2.10. The minimum Gasteiger partial charge on any atom is -0.314 e. The van der Waals surface area contributed by atoms with E-state index in [1.54, 1.807) is 4.57 Å². The van der Waals surface area contributed by atoms with Crippen LogP contribution in [0, 0.1) is 6.92 Å². The van der Waals surface area contributed by atoms with E-state index in [0.717, 1.165) is 35.0 Å². The third kappa shape index (κ3) is 2.19. The number of hydrogen-bond acceptors (Lipinski definition) is 2. The zero-order valence-corrected chi connectivity index (χ0v) is 11.6. The van der Waals surface area contributed by atoms with E-state index < -0.39 is 0 Å². The molecule has 0 aliphatic carbocycles. The molecule has 19 heavy (non-hydrogen) atoms. The highest BCUT2D eigenvalue weighted by Gasteiger charge is 2.17. The number of aromatic nitrogens is 1. The first-order chi connectivity index (χ1) is 9.16. The van der Waals surface area contributed by atoms with Crippen LogP contribution in [-0.2, 0) is 13.5 Å². The van der Waals surface area contributed by atoms with Crippen LogP contribution in [-0.4, -0.2) is 17.2 Å². The maximum atomic E-state index is 12.5. The van der Waals surface area contributed by atoms with Gasteiger partial charge in [-0.25, -0.2) is 0 Å². The SMILES string of the molecule is Cc1cccc2cc(CC3CCCN3)c(=O)n(C)c12. The predicted molar refractivity (Wildman–Crippen MR) is 78.7 cm³/mol. The summed E-state index contributed by atoms with van der Waals surface area (Å²) in [5.41, 5.74) is 3.29. The molecule has 1 unspecified atom stereocenters. The van der Waals surface area contributed by atoms with Crippen LogP contribution in [0.15, 0.2) is 29.1 Å². The molecule has 1 N–H and O–H groups in total. The lowest BCUT2D eigenvalue weighted by atomic mass is 10.0. The maximum absolute atomic E-state index is 12.5. The first kappa shape index (κ1) is 12.4. The smallest absolute Gasteiger partial charge is 0.254 e. The van der Waals surface area contributed by atoms with Crippen LogP contribution < -0.4 is 10.9 Å². The molecular weight excluding hydrogens is 236 g/mol. The Kier molecular flexibility index (Phi) is 3.15. The second-order valence-electron chi connectivity index (χ2n) is 5.54. The lowest BCUT2D eigenvalue weighted by Gasteiger charge is -2.13. The van der Waals surface area contributed by atoms with Crippen LogP contribution in [0.3, 0.4) is 0 Å². The molecule has 2 heterocycles. The number of nitrogens with one attached hydrogen (secondary N) is 1. The normalized spacial score (nSPS) is 19.2. The van der Waals surface area contributed by atoms with E-state index >= 15 is 0 Å². The summed E-state index contributed by atoms with van der Waals surface area (Å²) in [4.78, 5) is 12.5. The summed E-state index contributed by atoms with van der Waals surface area (Å²) < 4.78 is 1.80.